The zero-order valence-electron chi connectivity index (χ0n) is 11.9. The number of piperidine rings is 1. The fourth-order valence-electron chi connectivity index (χ4n) is 3.00. The number of hydrogen-bond acceptors (Lipinski definition) is 3. The van der Waals surface area contributed by atoms with Crippen molar-refractivity contribution in [1.82, 2.24) is 14.5 Å². The second kappa shape index (κ2) is 5.69. The van der Waals surface area contributed by atoms with E-state index in [0.29, 0.717) is 42.8 Å². The molecular weight excluding hydrogens is 276 g/mol. The molecule has 2 heterocycles. The number of nitrogens with zero attached hydrogens (tertiary/aromatic N) is 3. The molecule has 1 fully saturated rings. The van der Waals surface area contributed by atoms with Gasteiger partial charge in [-0.3, -0.25) is 9.47 Å². The van der Waals surface area contributed by atoms with E-state index in [4.69, 9.17) is 0 Å². The molecule has 6 heteroatoms. The van der Waals surface area contributed by atoms with Gasteiger partial charge in [0.05, 0.1) is 23.2 Å². The van der Waals surface area contributed by atoms with Crippen molar-refractivity contribution in [2.24, 2.45) is 0 Å². The van der Waals surface area contributed by atoms with Crippen LogP contribution >= 0.6 is 0 Å². The van der Waals surface area contributed by atoms with Crippen molar-refractivity contribution >= 4 is 11.0 Å². The van der Waals surface area contributed by atoms with Gasteiger partial charge in [0.15, 0.2) is 0 Å². The molecule has 1 aromatic carbocycles. The Balaban J connectivity index is 1.97. The van der Waals surface area contributed by atoms with Crippen molar-refractivity contribution in [2.45, 2.75) is 38.5 Å². The largest absolute Gasteiger partial charge is 0.393 e. The van der Waals surface area contributed by atoms with E-state index in [9.17, 15) is 13.9 Å². The fraction of sp³-hybridized carbons (Fsp3) is 0.533. The van der Waals surface area contributed by atoms with Crippen molar-refractivity contribution in [3.05, 3.63) is 30.1 Å². The molecule has 2 aromatic rings. The van der Waals surface area contributed by atoms with Gasteiger partial charge in [0.25, 0.3) is 0 Å². The topological polar surface area (TPSA) is 41.3 Å². The molecule has 1 N–H and O–H groups in total. The van der Waals surface area contributed by atoms with Crippen LogP contribution in [0.5, 0.6) is 0 Å². The monoisotopic (exact) mass is 295 g/mol. The minimum atomic E-state index is -2.61. The molecule has 0 amide bonds. The van der Waals surface area contributed by atoms with Crippen molar-refractivity contribution in [3.63, 3.8) is 0 Å². The normalized spacial score (nSPS) is 19.5. The van der Waals surface area contributed by atoms with Crippen molar-refractivity contribution < 1.29 is 13.9 Å². The number of rotatable bonds is 3. The minimum Gasteiger partial charge on any atom is -0.393 e. The number of benzene rings is 1. The predicted molar refractivity (Wildman–Crippen MR) is 76.2 cm³/mol. The average Bonchev–Trinajstić information content (AvgIpc) is 2.86. The molecular formula is C15H19F2N3O. The third kappa shape index (κ3) is 2.65. The Kier molecular flexibility index (Phi) is 3.91. The van der Waals surface area contributed by atoms with Gasteiger partial charge >= 0.3 is 6.55 Å². The first-order valence-electron chi connectivity index (χ1n) is 7.25. The third-order valence-corrected chi connectivity index (χ3v) is 4.24. The molecule has 1 aliphatic rings. The number of aromatic nitrogens is 2. The summed E-state index contributed by atoms with van der Waals surface area (Å²) in [6.45, 7) is 0.701. The molecule has 3 rings (SSSR count). The highest BCUT2D eigenvalue weighted by Gasteiger charge is 2.28. The van der Waals surface area contributed by atoms with Gasteiger partial charge in [0.2, 0.25) is 0 Å². The number of hydrogen-bond donors (Lipinski definition) is 1. The van der Waals surface area contributed by atoms with Gasteiger partial charge < -0.3 is 5.11 Å². The van der Waals surface area contributed by atoms with E-state index in [1.807, 2.05) is 6.92 Å². The van der Waals surface area contributed by atoms with Crippen LogP contribution in [0.2, 0.25) is 0 Å². The first-order chi connectivity index (χ1) is 10.1. The van der Waals surface area contributed by atoms with Crippen LogP contribution < -0.4 is 0 Å². The molecule has 0 radical (unpaired) electrons. The van der Waals surface area contributed by atoms with Crippen LogP contribution in [0.4, 0.5) is 8.78 Å². The van der Waals surface area contributed by atoms with Gasteiger partial charge in [-0.2, -0.15) is 8.78 Å². The van der Waals surface area contributed by atoms with Gasteiger partial charge in [0.1, 0.15) is 5.82 Å². The van der Waals surface area contributed by atoms with E-state index in [-0.39, 0.29) is 12.1 Å². The molecule has 0 aliphatic carbocycles. The number of aliphatic hydroxyl groups is 1. The quantitative estimate of drug-likeness (QED) is 0.946. The first-order valence-corrected chi connectivity index (χ1v) is 7.25. The summed E-state index contributed by atoms with van der Waals surface area (Å²) in [7, 11) is 0. The summed E-state index contributed by atoms with van der Waals surface area (Å²) in [5.41, 5.74) is 1.06. The lowest BCUT2D eigenvalue weighted by Gasteiger charge is -2.34. The molecule has 114 valence electrons. The van der Waals surface area contributed by atoms with Gasteiger partial charge in [-0.1, -0.05) is 12.1 Å². The highest BCUT2D eigenvalue weighted by Crippen LogP contribution is 2.30. The van der Waals surface area contributed by atoms with E-state index >= 15 is 0 Å². The maximum absolute atomic E-state index is 13.4. The van der Waals surface area contributed by atoms with Crippen LogP contribution in [0.15, 0.2) is 24.3 Å². The number of fused-ring (bicyclic) bond motifs is 1. The van der Waals surface area contributed by atoms with Gasteiger partial charge in [-0.05, 0) is 31.9 Å². The molecule has 1 saturated heterocycles. The molecule has 0 spiro atoms. The van der Waals surface area contributed by atoms with Crippen LogP contribution in [0.1, 0.15) is 38.2 Å². The Bertz CT molecular complexity index is 620. The van der Waals surface area contributed by atoms with Gasteiger partial charge in [0, 0.05) is 13.1 Å². The SMILES string of the molecule is CC(c1nc2ccccc2n1C(F)F)N1CCC(O)CC1. The molecule has 1 aliphatic heterocycles. The number of halogens is 2. The Labute approximate surface area is 122 Å². The fourth-order valence-corrected chi connectivity index (χ4v) is 3.00. The van der Waals surface area contributed by atoms with Crippen LogP contribution in [-0.2, 0) is 0 Å². The minimum absolute atomic E-state index is 0.195. The molecule has 0 saturated carbocycles. The Morgan fingerprint density at radius 1 is 1.24 bits per heavy atom. The average molecular weight is 295 g/mol. The number of aliphatic hydroxyl groups excluding tert-OH is 1. The summed E-state index contributed by atoms with van der Waals surface area (Å²) < 4.78 is 27.9. The van der Waals surface area contributed by atoms with Crippen molar-refractivity contribution in [2.75, 3.05) is 13.1 Å². The van der Waals surface area contributed by atoms with E-state index in [1.54, 1.807) is 24.3 Å². The Morgan fingerprint density at radius 2 is 1.90 bits per heavy atom. The second-order valence-corrected chi connectivity index (χ2v) is 5.55. The summed E-state index contributed by atoms with van der Waals surface area (Å²) in [5, 5.41) is 9.57. The van der Waals surface area contributed by atoms with E-state index < -0.39 is 6.55 Å². The van der Waals surface area contributed by atoms with Crippen molar-refractivity contribution in [1.29, 1.82) is 0 Å². The van der Waals surface area contributed by atoms with E-state index in [2.05, 4.69) is 9.88 Å². The first kappa shape index (κ1) is 14.4. The maximum Gasteiger partial charge on any atom is 0.320 e. The maximum atomic E-state index is 13.4. The summed E-state index contributed by atoms with van der Waals surface area (Å²) in [4.78, 5) is 6.51. The van der Waals surface area contributed by atoms with Gasteiger partial charge in [-0.15, -0.1) is 0 Å². The molecule has 21 heavy (non-hydrogen) atoms. The summed E-state index contributed by atoms with van der Waals surface area (Å²) in [6.07, 6.45) is 1.08. The lowest BCUT2D eigenvalue weighted by molar-refractivity contribution is 0.0459. The van der Waals surface area contributed by atoms with Crippen molar-refractivity contribution in [3.8, 4) is 0 Å². The van der Waals surface area contributed by atoms with Crippen LogP contribution in [0.25, 0.3) is 11.0 Å². The standard InChI is InChI=1S/C15H19F2N3O/c1-10(19-8-6-11(21)7-9-19)14-18-12-4-2-3-5-13(12)20(14)15(16)17/h2-5,10-11,15,21H,6-9H2,1H3. The Hall–Kier alpha value is -1.53. The number of para-hydroxylation sites is 2. The van der Waals surface area contributed by atoms with Crippen LogP contribution in [0.3, 0.4) is 0 Å². The summed E-state index contributed by atoms with van der Waals surface area (Å²) >= 11 is 0. The van der Waals surface area contributed by atoms with Crippen LogP contribution in [0, 0.1) is 0 Å². The highest BCUT2D eigenvalue weighted by molar-refractivity contribution is 5.76. The highest BCUT2D eigenvalue weighted by atomic mass is 19.3. The van der Waals surface area contributed by atoms with E-state index in [1.165, 1.54) is 0 Å². The number of alkyl halides is 2. The van der Waals surface area contributed by atoms with Crippen LogP contribution in [-0.4, -0.2) is 38.8 Å². The number of likely N-dealkylation sites (tertiary alicyclic amines) is 1. The lowest BCUT2D eigenvalue weighted by atomic mass is 10.1. The molecule has 1 unspecified atom stereocenters. The lowest BCUT2D eigenvalue weighted by Crippen LogP contribution is -2.38. The molecule has 1 aromatic heterocycles. The summed E-state index contributed by atoms with van der Waals surface area (Å²) in [5.74, 6) is 0.391. The second-order valence-electron chi connectivity index (χ2n) is 5.55. The number of imidazole rings is 1. The smallest absolute Gasteiger partial charge is 0.320 e. The zero-order chi connectivity index (χ0) is 15.0. The van der Waals surface area contributed by atoms with E-state index in [0.717, 1.165) is 4.57 Å². The van der Waals surface area contributed by atoms with Gasteiger partial charge in [-0.25, -0.2) is 4.98 Å². The molecule has 4 nitrogen and oxygen atoms in total. The summed E-state index contributed by atoms with van der Waals surface area (Å²) in [6, 6.07) is 6.78. The third-order valence-electron chi connectivity index (χ3n) is 4.24. The zero-order valence-corrected chi connectivity index (χ0v) is 11.9. The Morgan fingerprint density at radius 3 is 2.57 bits per heavy atom. The molecule has 0 bridgehead atoms. The molecule has 1 atom stereocenters. The predicted octanol–water partition coefficient (Wildman–Crippen LogP) is 2.95.